The van der Waals surface area contributed by atoms with Gasteiger partial charge in [-0.1, -0.05) is 0 Å². The highest BCUT2D eigenvalue weighted by atomic mass is 16.2. The molecule has 0 spiro atoms. The molecule has 1 amide bonds. The Kier molecular flexibility index (Phi) is 4.37. The molecule has 5 heteroatoms. The fraction of sp³-hybridized carbons (Fsp3) is 0.533. The third-order valence-electron chi connectivity index (χ3n) is 3.82. The summed E-state index contributed by atoms with van der Waals surface area (Å²) in [6.45, 7) is 0. The van der Waals surface area contributed by atoms with Gasteiger partial charge in [-0.15, -0.1) is 0 Å². The summed E-state index contributed by atoms with van der Waals surface area (Å²) in [5.41, 5.74) is 0.589. The van der Waals surface area contributed by atoms with Crippen molar-refractivity contribution < 1.29 is 9.59 Å². The number of nitrogens with zero attached hydrogens (tertiary/aromatic N) is 3. The van der Waals surface area contributed by atoms with Crippen LogP contribution in [0.3, 0.4) is 0 Å². The summed E-state index contributed by atoms with van der Waals surface area (Å²) < 4.78 is 0. The smallest absolute Gasteiger partial charge is 0.254 e. The molecule has 1 fully saturated rings. The van der Waals surface area contributed by atoms with Crippen molar-refractivity contribution in [2.75, 3.05) is 26.0 Å². The van der Waals surface area contributed by atoms with Crippen LogP contribution in [0.5, 0.6) is 0 Å². The van der Waals surface area contributed by atoms with Crippen LogP contribution in [-0.2, 0) is 4.79 Å². The highest BCUT2D eigenvalue weighted by molar-refractivity contribution is 5.93. The van der Waals surface area contributed by atoms with E-state index in [0.717, 1.165) is 18.7 Å². The Morgan fingerprint density at radius 1 is 1.20 bits per heavy atom. The number of aromatic nitrogens is 1. The maximum Gasteiger partial charge on any atom is 0.254 e. The number of hydrogen-bond donors (Lipinski definition) is 0. The molecule has 0 saturated heterocycles. The van der Waals surface area contributed by atoms with E-state index in [9.17, 15) is 9.59 Å². The second kappa shape index (κ2) is 6.03. The minimum Gasteiger partial charge on any atom is -0.357 e. The number of rotatable bonds is 3. The van der Waals surface area contributed by atoms with Gasteiger partial charge >= 0.3 is 0 Å². The van der Waals surface area contributed by atoms with Crippen LogP contribution in [0.15, 0.2) is 18.3 Å². The molecule has 0 N–H and O–H groups in total. The van der Waals surface area contributed by atoms with Crippen LogP contribution in [0.25, 0.3) is 0 Å². The second-order valence-electron chi connectivity index (χ2n) is 5.49. The predicted molar refractivity (Wildman–Crippen MR) is 77.9 cm³/mol. The standard InChI is InChI=1S/C15H21N3O2/c1-17(2)15(20)11-4-9-14(16-10-11)18(3)12-5-7-13(19)8-6-12/h4,9-10,12H,5-8H2,1-3H3. The van der Waals surface area contributed by atoms with Gasteiger partial charge in [-0.05, 0) is 25.0 Å². The molecule has 1 aromatic heterocycles. The quantitative estimate of drug-likeness (QED) is 0.843. The van der Waals surface area contributed by atoms with E-state index in [1.807, 2.05) is 13.1 Å². The van der Waals surface area contributed by atoms with Gasteiger partial charge in [-0.3, -0.25) is 9.59 Å². The maximum atomic E-state index is 11.8. The van der Waals surface area contributed by atoms with Crippen LogP contribution < -0.4 is 4.90 Å². The highest BCUT2D eigenvalue weighted by Gasteiger charge is 2.23. The van der Waals surface area contributed by atoms with Gasteiger partial charge in [0.05, 0.1) is 5.56 Å². The molecule has 0 bridgehead atoms. The largest absolute Gasteiger partial charge is 0.357 e. The fourth-order valence-electron chi connectivity index (χ4n) is 2.48. The van der Waals surface area contributed by atoms with Crippen LogP contribution in [0.2, 0.25) is 0 Å². The predicted octanol–water partition coefficient (Wildman–Crippen LogP) is 1.73. The number of anilines is 1. The normalized spacial score (nSPS) is 16.1. The summed E-state index contributed by atoms with van der Waals surface area (Å²) in [6.07, 6.45) is 4.70. The first-order valence-electron chi connectivity index (χ1n) is 6.91. The number of pyridine rings is 1. The molecule has 0 radical (unpaired) electrons. The third kappa shape index (κ3) is 3.15. The van der Waals surface area contributed by atoms with Crippen molar-refractivity contribution in [1.29, 1.82) is 0 Å². The maximum absolute atomic E-state index is 11.8. The van der Waals surface area contributed by atoms with Crippen LogP contribution >= 0.6 is 0 Å². The summed E-state index contributed by atoms with van der Waals surface area (Å²) in [7, 11) is 5.44. The van der Waals surface area contributed by atoms with E-state index in [1.165, 1.54) is 4.90 Å². The molecule has 1 aromatic rings. The van der Waals surface area contributed by atoms with Crippen LogP contribution in [0.1, 0.15) is 36.0 Å². The van der Waals surface area contributed by atoms with Crippen molar-refractivity contribution >= 4 is 17.5 Å². The first-order valence-corrected chi connectivity index (χ1v) is 6.91. The number of amides is 1. The minimum atomic E-state index is -0.0463. The summed E-state index contributed by atoms with van der Waals surface area (Å²) in [6, 6.07) is 4.03. The molecule has 1 heterocycles. The van der Waals surface area contributed by atoms with E-state index in [1.54, 1.807) is 26.4 Å². The molecular formula is C15H21N3O2. The van der Waals surface area contributed by atoms with Gasteiger partial charge in [0.15, 0.2) is 0 Å². The molecule has 1 saturated carbocycles. The highest BCUT2D eigenvalue weighted by Crippen LogP contribution is 2.23. The minimum absolute atomic E-state index is 0.0463. The Morgan fingerprint density at radius 2 is 1.85 bits per heavy atom. The number of Topliss-reactive ketones (excluding diaryl/α,β-unsaturated/α-hetero) is 1. The van der Waals surface area contributed by atoms with Crippen LogP contribution in [0.4, 0.5) is 5.82 Å². The summed E-state index contributed by atoms with van der Waals surface area (Å²) in [5.74, 6) is 1.16. The molecule has 1 aliphatic rings. The molecule has 0 aromatic carbocycles. The number of hydrogen-bond acceptors (Lipinski definition) is 4. The molecule has 0 aliphatic heterocycles. The lowest BCUT2D eigenvalue weighted by Gasteiger charge is -2.31. The van der Waals surface area contributed by atoms with Crippen molar-refractivity contribution in [3.8, 4) is 0 Å². The van der Waals surface area contributed by atoms with Crippen molar-refractivity contribution in [1.82, 2.24) is 9.88 Å². The molecule has 20 heavy (non-hydrogen) atoms. The van der Waals surface area contributed by atoms with E-state index in [4.69, 9.17) is 0 Å². The van der Waals surface area contributed by atoms with E-state index in [-0.39, 0.29) is 5.91 Å². The van der Waals surface area contributed by atoms with Crippen LogP contribution in [0, 0.1) is 0 Å². The lowest BCUT2D eigenvalue weighted by atomic mass is 9.93. The van der Waals surface area contributed by atoms with Gasteiger partial charge in [0.25, 0.3) is 5.91 Å². The Bertz CT molecular complexity index is 486. The third-order valence-corrected chi connectivity index (χ3v) is 3.82. The Labute approximate surface area is 119 Å². The van der Waals surface area contributed by atoms with Gasteiger partial charge in [0, 0.05) is 46.2 Å². The Hall–Kier alpha value is -1.91. The van der Waals surface area contributed by atoms with E-state index in [0.29, 0.717) is 30.2 Å². The van der Waals surface area contributed by atoms with Crippen molar-refractivity contribution in [2.45, 2.75) is 31.7 Å². The number of ketones is 1. The van der Waals surface area contributed by atoms with Gasteiger partial charge in [-0.25, -0.2) is 4.98 Å². The summed E-state index contributed by atoms with van der Waals surface area (Å²) in [4.78, 5) is 31.1. The topological polar surface area (TPSA) is 53.5 Å². The average Bonchev–Trinajstić information content (AvgIpc) is 2.46. The van der Waals surface area contributed by atoms with Crippen molar-refractivity contribution in [3.05, 3.63) is 23.9 Å². The molecule has 2 rings (SSSR count). The molecule has 0 atom stereocenters. The zero-order valence-electron chi connectivity index (χ0n) is 12.3. The fourth-order valence-corrected chi connectivity index (χ4v) is 2.48. The lowest BCUT2D eigenvalue weighted by molar-refractivity contribution is -0.120. The Morgan fingerprint density at radius 3 is 2.35 bits per heavy atom. The first kappa shape index (κ1) is 14.5. The molecule has 5 nitrogen and oxygen atoms in total. The van der Waals surface area contributed by atoms with Crippen LogP contribution in [-0.4, -0.2) is 48.8 Å². The molecule has 1 aliphatic carbocycles. The van der Waals surface area contributed by atoms with Gasteiger partial charge in [0.2, 0.25) is 0 Å². The zero-order valence-corrected chi connectivity index (χ0v) is 12.3. The second-order valence-corrected chi connectivity index (χ2v) is 5.49. The SMILES string of the molecule is CN(C)C(=O)c1ccc(N(C)C2CCC(=O)CC2)nc1. The zero-order chi connectivity index (χ0) is 14.7. The monoisotopic (exact) mass is 275 g/mol. The lowest BCUT2D eigenvalue weighted by Crippen LogP contribution is -2.35. The van der Waals surface area contributed by atoms with E-state index < -0.39 is 0 Å². The van der Waals surface area contributed by atoms with Gasteiger partial charge in [0.1, 0.15) is 11.6 Å². The molecular weight excluding hydrogens is 254 g/mol. The first-order chi connectivity index (χ1) is 9.49. The number of carbonyl (C=O) groups excluding carboxylic acids is 2. The summed E-state index contributed by atoms with van der Waals surface area (Å²) in [5, 5.41) is 0. The van der Waals surface area contributed by atoms with E-state index >= 15 is 0 Å². The number of carbonyl (C=O) groups is 2. The summed E-state index contributed by atoms with van der Waals surface area (Å²) >= 11 is 0. The Balaban J connectivity index is 2.06. The van der Waals surface area contributed by atoms with Crippen molar-refractivity contribution in [2.24, 2.45) is 0 Å². The molecule has 0 unspecified atom stereocenters. The van der Waals surface area contributed by atoms with E-state index in [2.05, 4.69) is 9.88 Å². The van der Waals surface area contributed by atoms with Gasteiger partial charge in [-0.2, -0.15) is 0 Å². The van der Waals surface area contributed by atoms with Crippen molar-refractivity contribution in [3.63, 3.8) is 0 Å². The molecule has 108 valence electrons. The average molecular weight is 275 g/mol. The van der Waals surface area contributed by atoms with Gasteiger partial charge < -0.3 is 9.80 Å².